The number of rotatable bonds is 4. The number of hydrogen-bond donors (Lipinski definition) is 3. The fraction of sp³-hybridized carbons (Fsp3) is 0.462. The summed E-state index contributed by atoms with van der Waals surface area (Å²) in [5.74, 6) is -0.253. The number of aromatic nitrogens is 1. The number of thiocarbonyl (C=S) groups is 1. The lowest BCUT2D eigenvalue weighted by molar-refractivity contribution is 0.0947. The molecule has 1 saturated heterocycles. The minimum atomic E-state index is -0.253. The molecule has 0 spiro atoms. The maximum Gasteiger partial charge on any atom is 0.281 e. The number of thiazole rings is 1. The van der Waals surface area contributed by atoms with Gasteiger partial charge in [-0.15, -0.1) is 6.58 Å². The first-order valence-electron chi connectivity index (χ1n) is 6.87. The van der Waals surface area contributed by atoms with Crippen molar-refractivity contribution >= 4 is 39.7 Å². The van der Waals surface area contributed by atoms with Gasteiger partial charge in [-0.25, -0.2) is 4.98 Å². The molecule has 1 amide bonds. The molecule has 7 nitrogen and oxygen atoms in total. The Balaban J connectivity index is 1.93. The minimum Gasteiger partial charge on any atom is -0.378 e. The van der Waals surface area contributed by atoms with E-state index in [2.05, 4.69) is 32.6 Å². The van der Waals surface area contributed by atoms with Gasteiger partial charge in [-0.05, 0) is 19.1 Å². The van der Waals surface area contributed by atoms with Crippen molar-refractivity contribution in [2.45, 2.75) is 6.92 Å². The Labute approximate surface area is 138 Å². The van der Waals surface area contributed by atoms with E-state index in [1.165, 1.54) is 11.3 Å². The first-order valence-corrected chi connectivity index (χ1v) is 8.09. The zero-order valence-corrected chi connectivity index (χ0v) is 14.0. The Bertz CT molecular complexity index is 555. The van der Waals surface area contributed by atoms with Crippen LogP contribution < -0.4 is 21.1 Å². The smallest absolute Gasteiger partial charge is 0.281 e. The van der Waals surface area contributed by atoms with Crippen LogP contribution in [0.2, 0.25) is 0 Å². The van der Waals surface area contributed by atoms with Crippen LogP contribution in [0.3, 0.4) is 0 Å². The molecule has 2 rings (SSSR count). The molecule has 9 heteroatoms. The van der Waals surface area contributed by atoms with Gasteiger partial charge in [0.05, 0.1) is 18.9 Å². The molecule has 1 aliphatic rings. The third-order valence-corrected chi connectivity index (χ3v) is 4.43. The van der Waals surface area contributed by atoms with Crippen LogP contribution in [-0.4, -0.2) is 48.9 Å². The Hall–Kier alpha value is -1.71. The lowest BCUT2D eigenvalue weighted by Crippen LogP contribution is -2.46. The number of hydrogen-bond acceptors (Lipinski definition) is 6. The number of aryl methyl sites for hydroxylation is 1. The molecular weight excluding hydrogens is 322 g/mol. The number of anilines is 1. The highest BCUT2D eigenvalue weighted by Gasteiger charge is 2.20. The van der Waals surface area contributed by atoms with Gasteiger partial charge < -0.3 is 15.0 Å². The molecule has 0 radical (unpaired) electrons. The topological polar surface area (TPSA) is 78.5 Å². The predicted molar refractivity (Wildman–Crippen MR) is 91.3 cm³/mol. The number of morpholine rings is 1. The van der Waals surface area contributed by atoms with Crippen LogP contribution in [0.1, 0.15) is 15.4 Å². The van der Waals surface area contributed by atoms with Crippen LogP contribution in [-0.2, 0) is 4.74 Å². The average molecular weight is 341 g/mol. The van der Waals surface area contributed by atoms with Crippen molar-refractivity contribution in [2.24, 2.45) is 0 Å². The number of amides is 1. The highest BCUT2D eigenvalue weighted by molar-refractivity contribution is 7.80. The minimum absolute atomic E-state index is 0.253. The van der Waals surface area contributed by atoms with E-state index in [0.29, 0.717) is 35.4 Å². The van der Waals surface area contributed by atoms with Crippen molar-refractivity contribution in [2.75, 3.05) is 37.7 Å². The zero-order chi connectivity index (χ0) is 15.9. The van der Waals surface area contributed by atoms with Crippen LogP contribution in [0.25, 0.3) is 0 Å². The molecule has 0 aromatic carbocycles. The standard InChI is InChI=1S/C13H19N5O2S2/c1-3-4-14-12(21)17-16-11(19)10-9(2)15-13(22-10)18-5-7-20-8-6-18/h3H,1,4-8H2,2H3,(H,16,19)(H2,14,17,21). The second-order valence-electron chi connectivity index (χ2n) is 4.59. The van der Waals surface area contributed by atoms with Crippen LogP contribution in [0.15, 0.2) is 12.7 Å². The molecule has 0 aliphatic carbocycles. The van der Waals surface area contributed by atoms with Gasteiger partial charge in [0.15, 0.2) is 10.2 Å². The van der Waals surface area contributed by atoms with Crippen molar-refractivity contribution in [1.82, 2.24) is 21.2 Å². The lowest BCUT2D eigenvalue weighted by Gasteiger charge is -2.25. The molecule has 0 atom stereocenters. The van der Waals surface area contributed by atoms with Crippen molar-refractivity contribution in [3.8, 4) is 0 Å². The summed E-state index contributed by atoms with van der Waals surface area (Å²) in [5, 5.41) is 4.05. The van der Waals surface area contributed by atoms with Gasteiger partial charge in [0, 0.05) is 19.6 Å². The molecule has 120 valence electrons. The third kappa shape index (κ3) is 4.39. The largest absolute Gasteiger partial charge is 0.378 e. The summed E-state index contributed by atoms with van der Waals surface area (Å²) in [7, 11) is 0. The Kier molecular flexibility index (Phi) is 6.10. The SMILES string of the molecule is C=CCNC(=S)NNC(=O)c1sc(N2CCOCC2)nc1C. The summed E-state index contributed by atoms with van der Waals surface area (Å²) in [6.45, 7) is 8.89. The summed E-state index contributed by atoms with van der Waals surface area (Å²) < 4.78 is 5.32. The number of hydrazine groups is 1. The van der Waals surface area contributed by atoms with Gasteiger partial charge in [-0.1, -0.05) is 17.4 Å². The van der Waals surface area contributed by atoms with Gasteiger partial charge in [-0.2, -0.15) is 0 Å². The number of carbonyl (C=O) groups excluding carboxylic acids is 1. The number of ether oxygens (including phenoxy) is 1. The summed E-state index contributed by atoms with van der Waals surface area (Å²) in [6, 6.07) is 0. The number of carbonyl (C=O) groups is 1. The van der Waals surface area contributed by atoms with Crippen LogP contribution in [0.4, 0.5) is 5.13 Å². The maximum absolute atomic E-state index is 12.2. The lowest BCUT2D eigenvalue weighted by atomic mass is 10.4. The fourth-order valence-electron chi connectivity index (χ4n) is 1.86. The highest BCUT2D eigenvalue weighted by Crippen LogP contribution is 2.26. The monoisotopic (exact) mass is 341 g/mol. The third-order valence-electron chi connectivity index (χ3n) is 2.97. The average Bonchev–Trinajstić information content (AvgIpc) is 2.93. The van der Waals surface area contributed by atoms with Crippen molar-refractivity contribution in [3.63, 3.8) is 0 Å². The zero-order valence-electron chi connectivity index (χ0n) is 12.3. The van der Waals surface area contributed by atoms with E-state index in [-0.39, 0.29) is 5.91 Å². The highest BCUT2D eigenvalue weighted by atomic mass is 32.1. The quantitative estimate of drug-likeness (QED) is 0.420. The second-order valence-corrected chi connectivity index (χ2v) is 5.97. The molecule has 0 unspecified atom stereocenters. The van der Waals surface area contributed by atoms with E-state index in [1.54, 1.807) is 6.08 Å². The van der Waals surface area contributed by atoms with E-state index in [0.717, 1.165) is 18.2 Å². The molecular formula is C13H19N5O2S2. The maximum atomic E-state index is 12.2. The molecule has 3 N–H and O–H groups in total. The Morgan fingerprint density at radius 3 is 2.91 bits per heavy atom. The molecule has 0 bridgehead atoms. The van der Waals surface area contributed by atoms with Gasteiger partial charge >= 0.3 is 0 Å². The van der Waals surface area contributed by atoms with E-state index in [9.17, 15) is 4.79 Å². The molecule has 1 aromatic rings. The Morgan fingerprint density at radius 2 is 2.23 bits per heavy atom. The molecule has 0 saturated carbocycles. The van der Waals surface area contributed by atoms with Crippen LogP contribution in [0.5, 0.6) is 0 Å². The molecule has 1 aromatic heterocycles. The van der Waals surface area contributed by atoms with E-state index >= 15 is 0 Å². The number of nitrogens with one attached hydrogen (secondary N) is 3. The van der Waals surface area contributed by atoms with Gasteiger partial charge in [-0.3, -0.25) is 15.6 Å². The summed E-state index contributed by atoms with van der Waals surface area (Å²) in [4.78, 5) is 19.4. The van der Waals surface area contributed by atoms with E-state index in [4.69, 9.17) is 17.0 Å². The van der Waals surface area contributed by atoms with E-state index < -0.39 is 0 Å². The fourth-order valence-corrected chi connectivity index (χ4v) is 3.01. The normalized spacial score (nSPS) is 14.3. The number of nitrogens with zero attached hydrogens (tertiary/aromatic N) is 2. The van der Waals surface area contributed by atoms with Crippen molar-refractivity contribution in [1.29, 1.82) is 0 Å². The van der Waals surface area contributed by atoms with Crippen molar-refractivity contribution < 1.29 is 9.53 Å². The Morgan fingerprint density at radius 1 is 1.50 bits per heavy atom. The van der Waals surface area contributed by atoms with Gasteiger partial charge in [0.2, 0.25) is 0 Å². The summed E-state index contributed by atoms with van der Waals surface area (Å²) in [5.41, 5.74) is 5.92. The second kappa shape index (κ2) is 8.06. The summed E-state index contributed by atoms with van der Waals surface area (Å²) in [6.07, 6.45) is 1.68. The van der Waals surface area contributed by atoms with E-state index in [1.807, 2.05) is 6.92 Å². The molecule has 2 heterocycles. The first-order chi connectivity index (χ1) is 10.6. The van der Waals surface area contributed by atoms with Crippen LogP contribution >= 0.6 is 23.6 Å². The summed E-state index contributed by atoms with van der Waals surface area (Å²) >= 11 is 6.38. The molecule has 22 heavy (non-hydrogen) atoms. The van der Waals surface area contributed by atoms with Crippen molar-refractivity contribution in [3.05, 3.63) is 23.2 Å². The predicted octanol–water partition coefficient (Wildman–Crippen LogP) is 0.583. The first kappa shape index (κ1) is 16.7. The van der Waals surface area contributed by atoms with Crippen LogP contribution in [0, 0.1) is 6.92 Å². The molecule has 1 aliphatic heterocycles. The van der Waals surface area contributed by atoms with Gasteiger partial charge in [0.25, 0.3) is 5.91 Å². The molecule has 1 fully saturated rings. The van der Waals surface area contributed by atoms with Gasteiger partial charge in [0.1, 0.15) is 4.88 Å².